The lowest BCUT2D eigenvalue weighted by Crippen LogP contribution is -2.41. The highest BCUT2D eigenvalue weighted by Crippen LogP contribution is 2.31. The summed E-state index contributed by atoms with van der Waals surface area (Å²) < 4.78 is 6.64. The number of benzene rings is 1. The minimum atomic E-state index is -0.744. The summed E-state index contributed by atoms with van der Waals surface area (Å²) in [5.41, 5.74) is 4.76. The van der Waals surface area contributed by atoms with Gasteiger partial charge in [-0.05, 0) is 36.8 Å². The number of thioether (sulfide) groups is 1. The van der Waals surface area contributed by atoms with Crippen LogP contribution >= 0.6 is 35.0 Å². The lowest BCUT2D eigenvalue weighted by molar-refractivity contribution is -0.116. The number of unbranched alkanes of at least 4 members (excludes halogenated alkanes) is 1. The van der Waals surface area contributed by atoms with Crippen LogP contribution in [-0.4, -0.2) is 21.2 Å². The van der Waals surface area contributed by atoms with E-state index in [0.717, 1.165) is 6.42 Å². The van der Waals surface area contributed by atoms with Crippen LogP contribution in [0.4, 0.5) is 11.5 Å². The van der Waals surface area contributed by atoms with Crippen molar-refractivity contribution in [2.75, 3.05) is 16.4 Å². The van der Waals surface area contributed by atoms with Gasteiger partial charge >= 0.3 is 5.69 Å². The molecule has 2 aromatic heterocycles. The number of aromatic nitrogens is 2. The first kappa shape index (κ1) is 24.0. The van der Waals surface area contributed by atoms with E-state index in [1.54, 1.807) is 30.3 Å². The van der Waals surface area contributed by atoms with Crippen LogP contribution in [0.3, 0.4) is 0 Å². The SMILES string of the molecule is CCCCn1c(N)c(N(Cc2ccco2)C(=O)CSc2cc(Cl)ccc2Cl)c(=O)[nH]c1=O. The van der Waals surface area contributed by atoms with Crippen molar-refractivity contribution in [3.8, 4) is 0 Å². The largest absolute Gasteiger partial charge is 0.467 e. The zero-order valence-electron chi connectivity index (χ0n) is 17.3. The maximum atomic E-state index is 13.2. The average Bonchev–Trinajstić information content (AvgIpc) is 3.26. The fourth-order valence-corrected chi connectivity index (χ4v) is 4.40. The maximum absolute atomic E-state index is 13.2. The molecule has 0 radical (unpaired) electrons. The van der Waals surface area contributed by atoms with Crippen LogP contribution in [0, 0.1) is 0 Å². The number of carbonyl (C=O) groups excluding carboxylic acids is 1. The molecule has 0 aliphatic rings. The van der Waals surface area contributed by atoms with Crippen molar-refractivity contribution in [1.82, 2.24) is 9.55 Å². The molecule has 0 fully saturated rings. The second kappa shape index (κ2) is 10.8. The molecule has 2 heterocycles. The number of rotatable bonds is 9. The van der Waals surface area contributed by atoms with Crippen molar-refractivity contribution in [1.29, 1.82) is 0 Å². The minimum absolute atomic E-state index is 0.0328. The first-order valence-corrected chi connectivity index (χ1v) is 11.6. The number of furan rings is 1. The first-order valence-electron chi connectivity index (χ1n) is 9.85. The van der Waals surface area contributed by atoms with Crippen molar-refractivity contribution in [2.45, 2.75) is 37.8 Å². The van der Waals surface area contributed by atoms with Gasteiger partial charge in [0, 0.05) is 16.5 Å². The number of anilines is 2. The quantitative estimate of drug-likeness (QED) is 0.430. The molecule has 0 saturated carbocycles. The molecule has 8 nitrogen and oxygen atoms in total. The summed E-state index contributed by atoms with van der Waals surface area (Å²) in [5.74, 6) is -0.0826. The van der Waals surface area contributed by atoms with Crippen molar-refractivity contribution < 1.29 is 9.21 Å². The van der Waals surface area contributed by atoms with Crippen LogP contribution in [0.15, 0.2) is 55.5 Å². The second-order valence-electron chi connectivity index (χ2n) is 6.92. The Labute approximate surface area is 198 Å². The van der Waals surface area contributed by atoms with Crippen LogP contribution in [0.5, 0.6) is 0 Å². The summed E-state index contributed by atoms with van der Waals surface area (Å²) in [6, 6.07) is 8.31. The van der Waals surface area contributed by atoms with Crippen molar-refractivity contribution >= 4 is 52.4 Å². The molecule has 1 amide bonds. The molecule has 11 heteroatoms. The molecule has 32 heavy (non-hydrogen) atoms. The molecule has 3 rings (SSSR count). The fraction of sp³-hybridized carbons (Fsp3) is 0.286. The molecule has 3 N–H and O–H groups in total. The second-order valence-corrected chi connectivity index (χ2v) is 8.78. The van der Waals surface area contributed by atoms with Gasteiger partial charge in [0.25, 0.3) is 5.56 Å². The Morgan fingerprint density at radius 3 is 2.75 bits per heavy atom. The maximum Gasteiger partial charge on any atom is 0.330 e. The first-order chi connectivity index (χ1) is 15.3. The van der Waals surface area contributed by atoms with Crippen LogP contribution in [0.2, 0.25) is 10.0 Å². The minimum Gasteiger partial charge on any atom is -0.467 e. The third kappa shape index (κ3) is 5.59. The topological polar surface area (TPSA) is 114 Å². The zero-order chi connectivity index (χ0) is 23.3. The van der Waals surface area contributed by atoms with Crippen LogP contribution in [0.1, 0.15) is 25.5 Å². The number of carbonyl (C=O) groups is 1. The normalized spacial score (nSPS) is 11.0. The van der Waals surface area contributed by atoms with Crippen molar-refractivity contribution in [3.05, 3.63) is 73.2 Å². The molecule has 0 spiro atoms. The van der Waals surface area contributed by atoms with Gasteiger partial charge in [0.1, 0.15) is 11.6 Å². The average molecular weight is 497 g/mol. The zero-order valence-corrected chi connectivity index (χ0v) is 19.6. The molecule has 0 bridgehead atoms. The molecule has 170 valence electrons. The van der Waals surface area contributed by atoms with E-state index in [1.807, 2.05) is 6.92 Å². The number of aromatic amines is 1. The molecule has 0 aliphatic carbocycles. The predicted octanol–water partition coefficient (Wildman–Crippen LogP) is 4.14. The van der Waals surface area contributed by atoms with E-state index < -0.39 is 17.2 Å². The number of nitrogens with two attached hydrogens (primary N) is 1. The molecule has 0 atom stereocenters. The number of amides is 1. The Balaban J connectivity index is 1.97. The third-order valence-corrected chi connectivity index (χ3v) is 6.38. The number of hydrogen-bond acceptors (Lipinski definition) is 6. The van der Waals surface area contributed by atoms with Crippen molar-refractivity contribution in [3.63, 3.8) is 0 Å². The Kier molecular flexibility index (Phi) is 8.11. The van der Waals surface area contributed by atoms with Gasteiger partial charge in [-0.3, -0.25) is 24.0 Å². The Hall–Kier alpha value is -2.62. The van der Waals surface area contributed by atoms with Crippen LogP contribution in [-0.2, 0) is 17.9 Å². The number of nitrogen functional groups attached to an aromatic ring is 1. The van der Waals surface area contributed by atoms with E-state index in [2.05, 4.69) is 4.98 Å². The lowest BCUT2D eigenvalue weighted by Gasteiger charge is -2.23. The van der Waals surface area contributed by atoms with Gasteiger partial charge in [-0.1, -0.05) is 36.5 Å². The molecular weight excluding hydrogens is 475 g/mol. The van der Waals surface area contributed by atoms with E-state index >= 15 is 0 Å². The molecule has 0 aliphatic heterocycles. The van der Waals surface area contributed by atoms with E-state index in [9.17, 15) is 14.4 Å². The summed E-state index contributed by atoms with van der Waals surface area (Å²) in [6.45, 7) is 2.26. The van der Waals surface area contributed by atoms with E-state index in [-0.39, 0.29) is 23.8 Å². The van der Waals surface area contributed by atoms with Crippen LogP contribution < -0.4 is 21.9 Å². The molecule has 0 unspecified atom stereocenters. The Morgan fingerprint density at radius 2 is 2.06 bits per heavy atom. The Bertz CT molecular complexity index is 1210. The summed E-state index contributed by atoms with van der Waals surface area (Å²) in [4.78, 5) is 42.4. The highest BCUT2D eigenvalue weighted by atomic mass is 35.5. The number of hydrogen-bond donors (Lipinski definition) is 2. The summed E-state index contributed by atoms with van der Waals surface area (Å²) in [5, 5.41) is 0.941. The monoisotopic (exact) mass is 496 g/mol. The fourth-order valence-electron chi connectivity index (χ4n) is 3.03. The van der Waals surface area contributed by atoms with Gasteiger partial charge in [0.15, 0.2) is 5.69 Å². The summed E-state index contributed by atoms with van der Waals surface area (Å²) in [7, 11) is 0. The number of nitrogens with one attached hydrogen (secondary N) is 1. The van der Waals surface area contributed by atoms with Gasteiger partial charge < -0.3 is 10.2 Å². The van der Waals surface area contributed by atoms with E-state index in [4.69, 9.17) is 33.4 Å². The van der Waals surface area contributed by atoms with Crippen LogP contribution in [0.25, 0.3) is 0 Å². The Morgan fingerprint density at radius 1 is 1.28 bits per heavy atom. The van der Waals surface area contributed by atoms with E-state index in [1.165, 1.54) is 27.5 Å². The predicted molar refractivity (Wildman–Crippen MR) is 128 cm³/mol. The smallest absolute Gasteiger partial charge is 0.330 e. The highest BCUT2D eigenvalue weighted by molar-refractivity contribution is 8.00. The highest BCUT2D eigenvalue weighted by Gasteiger charge is 2.25. The molecule has 1 aromatic carbocycles. The van der Waals surface area contributed by atoms with Gasteiger partial charge in [0.2, 0.25) is 5.91 Å². The van der Waals surface area contributed by atoms with Gasteiger partial charge in [0.05, 0.1) is 23.6 Å². The third-order valence-electron chi connectivity index (χ3n) is 4.66. The van der Waals surface area contributed by atoms with Crippen molar-refractivity contribution in [2.24, 2.45) is 0 Å². The molecular formula is C21H22Cl2N4O4S. The molecule has 3 aromatic rings. The number of nitrogens with zero attached hydrogens (tertiary/aromatic N) is 2. The van der Waals surface area contributed by atoms with Gasteiger partial charge in [-0.2, -0.15) is 0 Å². The number of H-pyrrole nitrogens is 1. The summed E-state index contributed by atoms with van der Waals surface area (Å²) in [6.07, 6.45) is 2.98. The van der Waals surface area contributed by atoms with Gasteiger partial charge in [-0.25, -0.2) is 4.79 Å². The standard InChI is InChI=1S/C21H22Cl2N4O4S/c1-2-3-8-26-19(24)18(20(29)25-21(26)30)27(11-14-5-4-9-31-14)17(28)12-32-16-10-13(22)6-7-15(16)23/h4-7,9-10H,2-3,8,11-12,24H2,1H3,(H,25,29,30). The molecule has 0 saturated heterocycles. The lowest BCUT2D eigenvalue weighted by atomic mass is 10.3. The summed E-state index contributed by atoms with van der Waals surface area (Å²) >= 11 is 13.4. The van der Waals surface area contributed by atoms with Gasteiger partial charge in [-0.15, -0.1) is 11.8 Å². The number of halogens is 2. The van der Waals surface area contributed by atoms with E-state index in [0.29, 0.717) is 33.7 Å².